The lowest BCUT2D eigenvalue weighted by Gasteiger charge is -2.23. The van der Waals surface area contributed by atoms with Gasteiger partial charge in [0.1, 0.15) is 0 Å². The minimum Gasteiger partial charge on any atom is -0.268 e. The highest BCUT2D eigenvalue weighted by Crippen LogP contribution is 2.31. The molecule has 0 unspecified atom stereocenters. The third-order valence-corrected chi connectivity index (χ3v) is 6.81. The summed E-state index contributed by atoms with van der Waals surface area (Å²) in [6.07, 6.45) is 0.708. The number of amides is 4. The Morgan fingerprint density at radius 3 is 1.19 bits per heavy atom. The maximum Gasteiger partial charge on any atom is 0.272 e. The Kier molecular flexibility index (Phi) is 6.15. The van der Waals surface area contributed by atoms with Crippen LogP contribution < -0.4 is 0 Å². The highest BCUT2D eigenvalue weighted by Gasteiger charge is 2.38. The van der Waals surface area contributed by atoms with E-state index >= 15 is 0 Å². The highest BCUT2D eigenvalue weighted by atomic mass is 32.2. The first kappa shape index (κ1) is 21.6. The molecular formula is C21H20N4O4S2. The van der Waals surface area contributed by atoms with Gasteiger partial charge in [0.2, 0.25) is 0 Å². The molecule has 0 radical (unpaired) electrons. The number of benzene rings is 2. The normalized spacial score (nSPS) is 15.5. The quantitative estimate of drug-likeness (QED) is 0.443. The molecule has 0 bridgehead atoms. The number of rotatable bonds is 8. The Morgan fingerprint density at radius 1 is 0.613 bits per heavy atom. The Hall–Kier alpha value is -2.66. The lowest BCUT2D eigenvalue weighted by Crippen LogP contribution is -2.30. The van der Waals surface area contributed by atoms with Crippen LogP contribution in [-0.4, -0.2) is 68.0 Å². The number of hydrogen-bond acceptors (Lipinski definition) is 8. The van der Waals surface area contributed by atoms with Crippen LogP contribution in [0.5, 0.6) is 0 Å². The zero-order chi connectivity index (χ0) is 22.1. The van der Waals surface area contributed by atoms with Crippen molar-refractivity contribution in [3.63, 3.8) is 0 Å². The van der Waals surface area contributed by atoms with Crippen molar-refractivity contribution in [2.75, 3.05) is 27.2 Å². The van der Waals surface area contributed by atoms with Gasteiger partial charge in [-0.25, -0.2) is 17.2 Å². The first-order chi connectivity index (χ1) is 14.9. The molecule has 2 heterocycles. The van der Waals surface area contributed by atoms with Gasteiger partial charge in [-0.05, 0) is 44.8 Å². The molecule has 0 spiro atoms. The van der Waals surface area contributed by atoms with E-state index in [1.165, 1.54) is 8.61 Å². The predicted octanol–water partition coefficient (Wildman–Crippen LogP) is 2.96. The van der Waals surface area contributed by atoms with Crippen molar-refractivity contribution >= 4 is 47.9 Å². The van der Waals surface area contributed by atoms with E-state index in [0.717, 1.165) is 24.3 Å². The number of fused-ring (bicyclic) bond motifs is 2. The summed E-state index contributed by atoms with van der Waals surface area (Å²) in [5.41, 5.74) is 1.69. The minimum absolute atomic E-state index is 0.309. The molecule has 2 aliphatic heterocycles. The van der Waals surface area contributed by atoms with Gasteiger partial charge in [-0.1, -0.05) is 24.3 Å². The number of carbonyl (C=O) groups is 4. The number of nitrogens with zero attached hydrogens (tertiary/aromatic N) is 4. The molecule has 0 saturated carbocycles. The monoisotopic (exact) mass is 456 g/mol. The molecule has 2 aliphatic rings. The smallest absolute Gasteiger partial charge is 0.268 e. The lowest BCUT2D eigenvalue weighted by atomic mass is 10.1. The summed E-state index contributed by atoms with van der Waals surface area (Å²) < 4.78 is 5.98. The van der Waals surface area contributed by atoms with Gasteiger partial charge in [0.05, 0.1) is 46.5 Å². The molecule has 31 heavy (non-hydrogen) atoms. The molecule has 0 aromatic heterocycles. The predicted molar refractivity (Wildman–Crippen MR) is 119 cm³/mol. The fraction of sp³-hybridized carbons (Fsp3) is 0.238. The number of imide groups is 2. The van der Waals surface area contributed by atoms with Crippen LogP contribution in [0.2, 0.25) is 0 Å². The first-order valence-electron chi connectivity index (χ1n) is 9.62. The highest BCUT2D eigenvalue weighted by molar-refractivity contribution is 7.96. The number of hydrogen-bond donors (Lipinski definition) is 0. The molecule has 8 nitrogen and oxygen atoms in total. The van der Waals surface area contributed by atoms with Crippen molar-refractivity contribution in [2.24, 2.45) is 0 Å². The van der Waals surface area contributed by atoms with E-state index in [0.29, 0.717) is 41.8 Å². The van der Waals surface area contributed by atoms with Crippen LogP contribution in [0.1, 0.15) is 47.9 Å². The summed E-state index contributed by atoms with van der Waals surface area (Å²) in [5, 5.41) is 0. The van der Waals surface area contributed by atoms with E-state index in [1.54, 1.807) is 48.5 Å². The van der Waals surface area contributed by atoms with Crippen LogP contribution in [0.3, 0.4) is 0 Å². The standard InChI is InChI=1S/C21H20N4O4S2/c1-22(30-24-18(26)14-8-3-4-9-15(14)19(24)27)12-7-13-23(2)31-25-20(28)16-10-5-6-11-17(16)21(25)29/h3-6,8-11H,7,12-13H2,1-2H3. The second-order valence-electron chi connectivity index (χ2n) is 7.12. The van der Waals surface area contributed by atoms with E-state index in [4.69, 9.17) is 0 Å². The van der Waals surface area contributed by atoms with Gasteiger partial charge in [-0.15, -0.1) is 0 Å². The summed E-state index contributed by atoms with van der Waals surface area (Å²) in [5.74, 6) is -1.24. The van der Waals surface area contributed by atoms with Gasteiger partial charge in [-0.3, -0.25) is 19.2 Å². The molecule has 4 rings (SSSR count). The second kappa shape index (κ2) is 8.83. The Labute approximate surface area is 188 Å². The topological polar surface area (TPSA) is 81.2 Å². The zero-order valence-electron chi connectivity index (χ0n) is 17.0. The van der Waals surface area contributed by atoms with Crippen molar-refractivity contribution in [1.29, 1.82) is 0 Å². The molecule has 10 heteroatoms. The van der Waals surface area contributed by atoms with E-state index in [9.17, 15) is 19.2 Å². The molecule has 0 N–H and O–H groups in total. The molecule has 4 amide bonds. The van der Waals surface area contributed by atoms with E-state index < -0.39 is 0 Å². The SMILES string of the molecule is CN(CCCN(C)SN1C(=O)c2ccccc2C1=O)SN1C(=O)c2ccccc2C1=O. The van der Waals surface area contributed by atoms with Gasteiger partial charge in [0, 0.05) is 13.1 Å². The van der Waals surface area contributed by atoms with Crippen molar-refractivity contribution in [2.45, 2.75) is 6.42 Å². The van der Waals surface area contributed by atoms with Crippen molar-refractivity contribution in [3.05, 3.63) is 70.8 Å². The van der Waals surface area contributed by atoms with Gasteiger partial charge in [-0.2, -0.15) is 0 Å². The maximum absolute atomic E-state index is 12.4. The molecule has 160 valence electrons. The first-order valence-corrected chi connectivity index (χ1v) is 11.1. The van der Waals surface area contributed by atoms with Crippen LogP contribution in [0.4, 0.5) is 0 Å². The maximum atomic E-state index is 12.4. The Bertz CT molecular complexity index is 923. The van der Waals surface area contributed by atoms with E-state index in [1.807, 2.05) is 22.7 Å². The van der Waals surface area contributed by atoms with Crippen LogP contribution in [0.25, 0.3) is 0 Å². The minimum atomic E-state index is -0.309. The molecule has 0 saturated heterocycles. The van der Waals surface area contributed by atoms with Crippen LogP contribution in [0, 0.1) is 0 Å². The summed E-state index contributed by atoms with van der Waals surface area (Å²) in [6, 6.07) is 13.6. The summed E-state index contributed by atoms with van der Waals surface area (Å²) >= 11 is 2.16. The molecule has 0 aliphatic carbocycles. The molecule has 0 atom stereocenters. The lowest BCUT2D eigenvalue weighted by molar-refractivity contribution is 0.0757. The van der Waals surface area contributed by atoms with Crippen molar-refractivity contribution in [1.82, 2.24) is 17.2 Å². The van der Waals surface area contributed by atoms with Gasteiger partial charge in [0.15, 0.2) is 0 Å². The molecule has 2 aromatic rings. The van der Waals surface area contributed by atoms with Gasteiger partial charge < -0.3 is 0 Å². The molecule has 0 fully saturated rings. The average Bonchev–Trinajstić information content (AvgIpc) is 3.15. The molecular weight excluding hydrogens is 436 g/mol. The summed E-state index contributed by atoms with van der Waals surface area (Å²) in [4.78, 5) is 49.8. The van der Waals surface area contributed by atoms with Crippen molar-refractivity contribution in [3.8, 4) is 0 Å². The second-order valence-corrected chi connectivity index (χ2v) is 9.42. The largest absolute Gasteiger partial charge is 0.272 e. The van der Waals surface area contributed by atoms with E-state index in [2.05, 4.69) is 0 Å². The fourth-order valence-corrected chi connectivity index (χ4v) is 5.03. The summed E-state index contributed by atoms with van der Waals surface area (Å²) in [6.45, 7) is 1.20. The summed E-state index contributed by atoms with van der Waals surface area (Å²) in [7, 11) is 3.62. The van der Waals surface area contributed by atoms with E-state index in [-0.39, 0.29) is 23.6 Å². The number of carbonyl (C=O) groups excluding carboxylic acids is 4. The van der Waals surface area contributed by atoms with Gasteiger partial charge in [0.25, 0.3) is 23.6 Å². The Morgan fingerprint density at radius 2 is 0.903 bits per heavy atom. The zero-order valence-corrected chi connectivity index (χ0v) is 18.6. The third-order valence-electron chi connectivity index (χ3n) is 4.90. The van der Waals surface area contributed by atoms with Crippen molar-refractivity contribution < 1.29 is 19.2 Å². The van der Waals surface area contributed by atoms with Gasteiger partial charge >= 0.3 is 0 Å². The third kappa shape index (κ3) is 4.11. The van der Waals surface area contributed by atoms with Crippen LogP contribution in [0.15, 0.2) is 48.5 Å². The van der Waals surface area contributed by atoms with Crippen LogP contribution >= 0.6 is 24.3 Å². The molecule has 2 aromatic carbocycles. The fourth-order valence-electron chi connectivity index (χ4n) is 3.36. The average molecular weight is 457 g/mol. The Balaban J connectivity index is 1.25. The van der Waals surface area contributed by atoms with Crippen LogP contribution in [-0.2, 0) is 0 Å².